The first-order valence-corrected chi connectivity index (χ1v) is 10.0. The summed E-state index contributed by atoms with van der Waals surface area (Å²) in [6.07, 6.45) is 5.00. The number of rotatable bonds is 2. The molecule has 0 unspecified atom stereocenters. The summed E-state index contributed by atoms with van der Waals surface area (Å²) in [7, 11) is 0. The summed E-state index contributed by atoms with van der Waals surface area (Å²) in [4.78, 5) is 16.3. The van der Waals surface area contributed by atoms with Crippen molar-refractivity contribution in [1.82, 2.24) is 10.2 Å². The van der Waals surface area contributed by atoms with E-state index < -0.39 is 0 Å². The Balaban J connectivity index is 1.42. The van der Waals surface area contributed by atoms with Gasteiger partial charge in [-0.05, 0) is 68.3 Å². The molecule has 2 aromatic rings. The Bertz CT molecular complexity index is 789. The molecule has 0 radical (unpaired) electrons. The molecule has 2 bridgehead atoms. The molecule has 3 aliphatic heterocycles. The maximum atomic E-state index is 12.8. The van der Waals surface area contributed by atoms with E-state index in [0.29, 0.717) is 17.5 Å². The van der Waals surface area contributed by atoms with Crippen LogP contribution in [0.15, 0.2) is 28.7 Å². The minimum atomic E-state index is 0.118. The minimum absolute atomic E-state index is 0.118. The fourth-order valence-electron chi connectivity index (χ4n) is 4.65. The van der Waals surface area contributed by atoms with Crippen LogP contribution in [0.1, 0.15) is 35.4 Å². The van der Waals surface area contributed by atoms with E-state index in [1.807, 2.05) is 12.1 Å². The summed E-state index contributed by atoms with van der Waals surface area (Å²) in [6, 6.07) is 8.58. The molecule has 23 heavy (non-hydrogen) atoms. The standard InChI is InChI=1S/C18H19BrN2OS/c19-13-2-1-12-9-15(23-14(12)10-13)17(22)20-16-11-3-7-21(8-4-11)18(16)5-6-18/h1-2,9-11,16H,3-8H2,(H,20,22)/t16-/m1/s1. The van der Waals surface area contributed by atoms with E-state index >= 15 is 0 Å². The molecule has 1 atom stereocenters. The van der Waals surface area contributed by atoms with Gasteiger partial charge in [0.2, 0.25) is 0 Å². The van der Waals surface area contributed by atoms with Gasteiger partial charge in [0.1, 0.15) is 0 Å². The summed E-state index contributed by atoms with van der Waals surface area (Å²) in [5.74, 6) is 0.794. The quantitative estimate of drug-likeness (QED) is 0.839. The van der Waals surface area contributed by atoms with Crippen molar-refractivity contribution in [3.63, 3.8) is 0 Å². The zero-order valence-corrected chi connectivity index (χ0v) is 15.3. The molecule has 4 heterocycles. The van der Waals surface area contributed by atoms with Gasteiger partial charge in [0.05, 0.1) is 10.9 Å². The van der Waals surface area contributed by atoms with Crippen LogP contribution in [0, 0.1) is 5.92 Å². The van der Waals surface area contributed by atoms with Crippen LogP contribution >= 0.6 is 27.3 Å². The van der Waals surface area contributed by atoms with Gasteiger partial charge in [-0.15, -0.1) is 11.3 Å². The Hall–Kier alpha value is -0.910. The van der Waals surface area contributed by atoms with Crippen LogP contribution in [-0.2, 0) is 0 Å². The lowest BCUT2D eigenvalue weighted by Gasteiger charge is -2.52. The van der Waals surface area contributed by atoms with Crippen LogP contribution < -0.4 is 5.32 Å². The van der Waals surface area contributed by atoms with E-state index in [0.717, 1.165) is 14.7 Å². The van der Waals surface area contributed by atoms with Crippen LogP contribution in [0.4, 0.5) is 0 Å². The van der Waals surface area contributed by atoms with Crippen molar-refractivity contribution in [2.24, 2.45) is 5.92 Å². The van der Waals surface area contributed by atoms with Crippen molar-refractivity contribution in [3.05, 3.63) is 33.6 Å². The number of piperidine rings is 3. The van der Waals surface area contributed by atoms with E-state index in [2.05, 4.69) is 38.3 Å². The smallest absolute Gasteiger partial charge is 0.261 e. The second-order valence-electron chi connectivity index (χ2n) is 7.17. The highest BCUT2D eigenvalue weighted by atomic mass is 79.9. The SMILES string of the molecule is O=C(N[C@@H]1C2CCN(CC2)C12CC2)c1cc2ccc(Br)cc2s1. The van der Waals surface area contributed by atoms with Crippen LogP contribution in [0.25, 0.3) is 10.1 Å². The van der Waals surface area contributed by atoms with Crippen LogP contribution in [0.5, 0.6) is 0 Å². The predicted octanol–water partition coefficient (Wildman–Crippen LogP) is 4.02. The van der Waals surface area contributed by atoms with Crippen molar-refractivity contribution in [1.29, 1.82) is 0 Å². The number of amides is 1. The normalized spacial score (nSPS) is 30.7. The molecule has 1 N–H and O–H groups in total. The maximum Gasteiger partial charge on any atom is 0.261 e. The minimum Gasteiger partial charge on any atom is -0.346 e. The molecule has 120 valence electrons. The summed E-state index contributed by atoms with van der Waals surface area (Å²) >= 11 is 5.10. The van der Waals surface area contributed by atoms with Gasteiger partial charge in [-0.25, -0.2) is 0 Å². The predicted molar refractivity (Wildman–Crippen MR) is 97.0 cm³/mol. The maximum absolute atomic E-state index is 12.8. The number of carbonyl (C=O) groups is 1. The third-order valence-corrected chi connectivity index (χ3v) is 7.56. The highest BCUT2D eigenvalue weighted by Crippen LogP contribution is 2.53. The zero-order chi connectivity index (χ0) is 15.6. The molecule has 4 fully saturated rings. The molecular weight excluding hydrogens is 372 g/mol. The first-order valence-electron chi connectivity index (χ1n) is 8.41. The lowest BCUT2D eigenvalue weighted by molar-refractivity contribution is -0.00138. The monoisotopic (exact) mass is 390 g/mol. The number of hydrogen-bond donors (Lipinski definition) is 1. The fraction of sp³-hybridized carbons (Fsp3) is 0.500. The number of fused-ring (bicyclic) bond motifs is 3. The number of thiophene rings is 1. The number of benzene rings is 1. The molecule has 1 saturated carbocycles. The van der Waals surface area contributed by atoms with Gasteiger partial charge in [0.15, 0.2) is 0 Å². The Labute approximate surface area is 148 Å². The first kappa shape index (κ1) is 14.4. The number of carbonyl (C=O) groups excluding carboxylic acids is 1. The van der Waals surface area contributed by atoms with Crippen LogP contribution in [0.3, 0.4) is 0 Å². The molecule has 1 aromatic heterocycles. The summed E-state index contributed by atoms with van der Waals surface area (Å²) in [5, 5.41) is 4.56. The third-order valence-electron chi connectivity index (χ3n) is 5.97. The Morgan fingerprint density at radius 2 is 2.04 bits per heavy atom. The van der Waals surface area contributed by atoms with Gasteiger partial charge in [-0.2, -0.15) is 0 Å². The lowest BCUT2D eigenvalue weighted by atomic mass is 9.77. The van der Waals surface area contributed by atoms with Crippen molar-refractivity contribution in [2.75, 3.05) is 13.1 Å². The van der Waals surface area contributed by atoms with Crippen molar-refractivity contribution < 1.29 is 4.79 Å². The average molecular weight is 391 g/mol. The average Bonchev–Trinajstić information content (AvgIpc) is 3.22. The van der Waals surface area contributed by atoms with Crippen molar-refractivity contribution >= 4 is 43.3 Å². The van der Waals surface area contributed by atoms with Gasteiger partial charge in [0, 0.05) is 14.7 Å². The molecule has 1 spiro atoms. The van der Waals surface area contributed by atoms with Gasteiger partial charge in [-0.3, -0.25) is 9.69 Å². The highest BCUT2D eigenvalue weighted by Gasteiger charge is 2.60. The summed E-state index contributed by atoms with van der Waals surface area (Å²) < 4.78 is 2.23. The van der Waals surface area contributed by atoms with E-state index in [4.69, 9.17) is 0 Å². The second-order valence-corrected chi connectivity index (χ2v) is 9.17. The highest BCUT2D eigenvalue weighted by molar-refractivity contribution is 9.10. The molecule has 1 aliphatic carbocycles. The van der Waals surface area contributed by atoms with E-state index in [9.17, 15) is 4.79 Å². The van der Waals surface area contributed by atoms with Gasteiger partial charge >= 0.3 is 0 Å². The molecule has 3 nitrogen and oxygen atoms in total. The fourth-order valence-corrected chi connectivity index (χ4v) is 6.17. The Morgan fingerprint density at radius 3 is 2.78 bits per heavy atom. The largest absolute Gasteiger partial charge is 0.346 e. The summed E-state index contributed by atoms with van der Waals surface area (Å²) in [5.41, 5.74) is 0.302. The second kappa shape index (κ2) is 5.04. The van der Waals surface area contributed by atoms with Crippen LogP contribution in [0.2, 0.25) is 0 Å². The van der Waals surface area contributed by atoms with E-state index in [1.54, 1.807) is 11.3 Å². The summed E-state index contributed by atoms with van der Waals surface area (Å²) in [6.45, 7) is 2.46. The van der Waals surface area contributed by atoms with Gasteiger partial charge in [-0.1, -0.05) is 22.0 Å². The topological polar surface area (TPSA) is 32.3 Å². The molecule has 3 saturated heterocycles. The first-order chi connectivity index (χ1) is 11.2. The van der Waals surface area contributed by atoms with Crippen molar-refractivity contribution in [3.8, 4) is 0 Å². The van der Waals surface area contributed by atoms with Gasteiger partial charge < -0.3 is 5.32 Å². The molecule has 1 aromatic carbocycles. The molecular formula is C18H19BrN2OS. The Morgan fingerprint density at radius 1 is 1.26 bits per heavy atom. The van der Waals surface area contributed by atoms with Crippen LogP contribution in [-0.4, -0.2) is 35.5 Å². The molecule has 1 amide bonds. The number of hydrogen-bond acceptors (Lipinski definition) is 3. The molecule has 6 rings (SSSR count). The number of nitrogens with one attached hydrogen (secondary N) is 1. The lowest BCUT2D eigenvalue weighted by Crippen LogP contribution is -2.65. The molecule has 5 heteroatoms. The van der Waals surface area contributed by atoms with E-state index in [1.165, 1.54) is 43.5 Å². The number of nitrogens with zero attached hydrogens (tertiary/aromatic N) is 1. The zero-order valence-electron chi connectivity index (χ0n) is 12.8. The number of halogens is 1. The van der Waals surface area contributed by atoms with Crippen molar-refractivity contribution in [2.45, 2.75) is 37.3 Å². The third kappa shape index (κ3) is 2.20. The Kier molecular flexibility index (Phi) is 3.16. The molecule has 4 aliphatic rings. The van der Waals surface area contributed by atoms with E-state index in [-0.39, 0.29) is 5.91 Å². The van der Waals surface area contributed by atoms with Gasteiger partial charge in [0.25, 0.3) is 5.91 Å².